The Balaban J connectivity index is 2.46. The van der Waals surface area contributed by atoms with Crippen molar-refractivity contribution >= 4 is 29.3 Å². The maximum atomic E-state index is 12.3. The number of hydrogen-bond acceptors (Lipinski definition) is 4. The molecule has 20 heavy (non-hydrogen) atoms. The number of anilines is 1. The Hall–Kier alpha value is -1.79. The lowest BCUT2D eigenvalue weighted by Gasteiger charge is -2.31. The number of ether oxygens (including phenoxy) is 2. The Morgan fingerprint density at radius 1 is 1.55 bits per heavy atom. The summed E-state index contributed by atoms with van der Waals surface area (Å²) in [5.41, 5.74) is 1.25. The number of carbonyl (C=O) groups excluding carboxylic acids is 2. The van der Waals surface area contributed by atoms with Crippen LogP contribution in [0.4, 0.5) is 10.5 Å². The molecule has 0 radical (unpaired) electrons. The molecule has 0 bridgehead atoms. The number of halogens is 1. The van der Waals surface area contributed by atoms with E-state index >= 15 is 0 Å². The minimum absolute atomic E-state index is 0.158. The first-order valence-electron chi connectivity index (χ1n) is 6.07. The summed E-state index contributed by atoms with van der Waals surface area (Å²) in [5.74, 6) is -0.387. The van der Waals surface area contributed by atoms with Crippen molar-refractivity contribution in [3.8, 4) is 0 Å². The molecule has 1 fully saturated rings. The monoisotopic (exact) mass is 298 g/mol. The number of aryl methyl sites for hydroxylation is 1. The molecule has 1 aromatic carbocycles. The Morgan fingerprint density at radius 3 is 2.85 bits per heavy atom. The van der Waals surface area contributed by atoms with Crippen LogP contribution < -0.4 is 5.01 Å². The van der Waals surface area contributed by atoms with Gasteiger partial charge in [-0.2, -0.15) is 0 Å². The molecule has 0 spiro atoms. The zero-order valence-electron chi connectivity index (χ0n) is 11.3. The third-order valence-electron chi connectivity index (χ3n) is 2.89. The average molecular weight is 299 g/mol. The number of rotatable bonds is 4. The second kappa shape index (κ2) is 6.11. The van der Waals surface area contributed by atoms with Crippen LogP contribution in [0.5, 0.6) is 0 Å². The highest BCUT2D eigenvalue weighted by atomic mass is 35.5. The van der Waals surface area contributed by atoms with Crippen molar-refractivity contribution in [1.29, 1.82) is 0 Å². The van der Waals surface area contributed by atoms with Gasteiger partial charge in [0.2, 0.25) is 0 Å². The summed E-state index contributed by atoms with van der Waals surface area (Å²) < 4.78 is 9.75. The van der Waals surface area contributed by atoms with Gasteiger partial charge in [0, 0.05) is 7.11 Å². The van der Waals surface area contributed by atoms with E-state index in [0.717, 1.165) is 5.56 Å². The Bertz CT molecular complexity index is 515. The van der Waals surface area contributed by atoms with Gasteiger partial charge in [-0.3, -0.25) is 4.79 Å². The lowest BCUT2D eigenvalue weighted by atomic mass is 10.2. The third kappa shape index (κ3) is 2.71. The van der Waals surface area contributed by atoms with Gasteiger partial charge < -0.3 is 9.47 Å². The van der Waals surface area contributed by atoms with E-state index in [9.17, 15) is 9.59 Å². The van der Waals surface area contributed by atoms with E-state index in [2.05, 4.69) is 0 Å². The number of amides is 2. The summed E-state index contributed by atoms with van der Waals surface area (Å²) in [5, 5.41) is 2.85. The predicted octanol–water partition coefficient (Wildman–Crippen LogP) is 2.00. The second-order valence-corrected chi connectivity index (χ2v) is 4.69. The van der Waals surface area contributed by atoms with Crippen LogP contribution in [-0.4, -0.2) is 43.9 Å². The van der Waals surface area contributed by atoms with Crippen LogP contribution in [0, 0.1) is 6.92 Å². The lowest BCUT2D eigenvalue weighted by molar-refractivity contribution is -0.124. The van der Waals surface area contributed by atoms with Crippen LogP contribution in [-0.2, 0) is 14.3 Å². The first kappa shape index (κ1) is 14.6. The van der Waals surface area contributed by atoms with Crippen molar-refractivity contribution in [3.05, 3.63) is 28.8 Å². The smallest absolute Gasteiger partial charge is 0.429 e. The maximum Gasteiger partial charge on any atom is 0.429 e. The molecule has 2 rings (SSSR count). The molecule has 1 aliphatic heterocycles. The number of benzene rings is 1. The molecule has 2 amide bonds. The fraction of sp³-hybridized carbons (Fsp3) is 0.385. The van der Waals surface area contributed by atoms with Crippen LogP contribution >= 0.6 is 11.6 Å². The number of hydrazine groups is 1. The summed E-state index contributed by atoms with van der Waals surface area (Å²) >= 11 is 6.18. The minimum Gasteiger partial charge on any atom is -0.446 e. The van der Waals surface area contributed by atoms with Crippen molar-refractivity contribution in [1.82, 2.24) is 5.01 Å². The highest BCUT2D eigenvalue weighted by molar-refractivity contribution is 6.34. The molecular weight excluding hydrogens is 284 g/mol. The fourth-order valence-electron chi connectivity index (χ4n) is 2.02. The van der Waals surface area contributed by atoms with Crippen LogP contribution in [0.2, 0.25) is 5.02 Å². The molecule has 1 aromatic rings. The van der Waals surface area contributed by atoms with Crippen molar-refractivity contribution in [2.45, 2.75) is 6.92 Å². The average Bonchev–Trinajstić information content (AvgIpc) is 2.80. The largest absolute Gasteiger partial charge is 0.446 e. The van der Waals surface area contributed by atoms with Crippen molar-refractivity contribution in [2.75, 3.05) is 31.9 Å². The Morgan fingerprint density at radius 2 is 2.30 bits per heavy atom. The summed E-state index contributed by atoms with van der Waals surface area (Å²) in [7, 11) is 1.41. The molecule has 0 atom stereocenters. The molecule has 7 heteroatoms. The number of nitrogens with zero attached hydrogens (tertiary/aromatic N) is 2. The zero-order chi connectivity index (χ0) is 14.7. The van der Waals surface area contributed by atoms with Crippen LogP contribution in [0.15, 0.2) is 18.2 Å². The molecule has 6 nitrogen and oxygen atoms in total. The summed E-state index contributed by atoms with van der Waals surface area (Å²) in [6.45, 7) is 2.18. The third-order valence-corrected chi connectivity index (χ3v) is 3.19. The van der Waals surface area contributed by atoms with E-state index in [-0.39, 0.29) is 19.1 Å². The topological polar surface area (TPSA) is 59.1 Å². The van der Waals surface area contributed by atoms with Gasteiger partial charge >= 0.3 is 6.09 Å². The number of hydrogen-bond donors (Lipinski definition) is 0. The van der Waals surface area contributed by atoms with Crippen molar-refractivity contribution in [2.24, 2.45) is 0 Å². The van der Waals surface area contributed by atoms with E-state index in [1.54, 1.807) is 12.1 Å². The summed E-state index contributed by atoms with van der Waals surface area (Å²) in [6.07, 6.45) is -0.575. The van der Waals surface area contributed by atoms with Gasteiger partial charge in [-0.15, -0.1) is 0 Å². The van der Waals surface area contributed by atoms with Gasteiger partial charge in [-0.05, 0) is 18.6 Å². The second-order valence-electron chi connectivity index (χ2n) is 4.28. The molecule has 1 aliphatic rings. The zero-order valence-corrected chi connectivity index (χ0v) is 12.0. The van der Waals surface area contributed by atoms with Crippen molar-refractivity contribution in [3.63, 3.8) is 0 Å². The fourth-order valence-corrected chi connectivity index (χ4v) is 2.32. The van der Waals surface area contributed by atoms with Crippen LogP contribution in [0.25, 0.3) is 0 Å². The SMILES string of the molecule is COCC(=O)N(c1c(C)cccc1Cl)N1CCOC1=O. The maximum absolute atomic E-state index is 12.3. The van der Waals surface area contributed by atoms with E-state index in [4.69, 9.17) is 21.1 Å². The first-order valence-corrected chi connectivity index (χ1v) is 6.45. The standard InChI is InChI=1S/C13H15ClN2O4/c1-9-4-3-5-10(14)12(9)16(11(17)8-19-2)15-6-7-20-13(15)18/h3-5H,6-8H2,1-2H3. The van der Waals surface area contributed by atoms with Gasteiger partial charge in [0.1, 0.15) is 13.2 Å². The molecular formula is C13H15ClN2O4. The van der Waals surface area contributed by atoms with Gasteiger partial charge in [-0.25, -0.2) is 14.8 Å². The van der Waals surface area contributed by atoms with Crippen LogP contribution in [0.3, 0.4) is 0 Å². The van der Waals surface area contributed by atoms with E-state index in [1.165, 1.54) is 17.1 Å². The van der Waals surface area contributed by atoms with E-state index in [0.29, 0.717) is 17.3 Å². The van der Waals surface area contributed by atoms with Crippen LogP contribution in [0.1, 0.15) is 5.56 Å². The molecule has 1 heterocycles. The molecule has 0 aromatic heterocycles. The van der Waals surface area contributed by atoms with Gasteiger partial charge in [-0.1, -0.05) is 23.7 Å². The van der Waals surface area contributed by atoms with Crippen molar-refractivity contribution < 1.29 is 19.1 Å². The van der Waals surface area contributed by atoms with E-state index < -0.39 is 6.09 Å². The summed E-state index contributed by atoms with van der Waals surface area (Å²) in [6, 6.07) is 5.26. The first-order chi connectivity index (χ1) is 9.56. The number of para-hydroxylation sites is 1. The predicted molar refractivity (Wildman–Crippen MR) is 73.6 cm³/mol. The normalized spacial score (nSPS) is 14.3. The van der Waals surface area contributed by atoms with Gasteiger partial charge in [0.05, 0.1) is 17.3 Å². The van der Waals surface area contributed by atoms with Gasteiger partial charge in [0.15, 0.2) is 0 Å². The number of methoxy groups -OCH3 is 1. The molecule has 0 N–H and O–H groups in total. The molecule has 0 saturated carbocycles. The highest BCUT2D eigenvalue weighted by Crippen LogP contribution is 2.31. The Labute approximate surface area is 121 Å². The molecule has 0 unspecified atom stereocenters. The van der Waals surface area contributed by atoms with Gasteiger partial charge in [0.25, 0.3) is 5.91 Å². The number of carbonyl (C=O) groups is 2. The molecule has 0 aliphatic carbocycles. The summed E-state index contributed by atoms with van der Waals surface area (Å²) in [4.78, 5) is 24.0. The molecule has 108 valence electrons. The number of cyclic esters (lactones) is 1. The minimum atomic E-state index is -0.575. The quantitative estimate of drug-likeness (QED) is 0.853. The lowest BCUT2D eigenvalue weighted by Crippen LogP contribution is -2.49. The molecule has 1 saturated heterocycles. The Kier molecular flexibility index (Phi) is 4.46. The van der Waals surface area contributed by atoms with E-state index in [1.807, 2.05) is 13.0 Å². The highest BCUT2D eigenvalue weighted by Gasteiger charge is 2.34.